The summed E-state index contributed by atoms with van der Waals surface area (Å²) in [5.74, 6) is 0. The van der Waals surface area contributed by atoms with Crippen LogP contribution in [-0.2, 0) is 6.42 Å². The summed E-state index contributed by atoms with van der Waals surface area (Å²) >= 11 is 0. The summed E-state index contributed by atoms with van der Waals surface area (Å²) < 4.78 is 36.2. The van der Waals surface area contributed by atoms with Crippen LogP contribution in [0.4, 0.5) is 13.2 Å². The van der Waals surface area contributed by atoms with Crippen molar-refractivity contribution in [1.29, 1.82) is 0 Å². The predicted octanol–water partition coefficient (Wildman–Crippen LogP) is 3.74. The molecule has 0 aliphatic heterocycles. The molecule has 0 N–H and O–H groups in total. The number of halogens is 3. The Hall–Kier alpha value is -1.25. The fraction of sp³-hybridized carbons (Fsp3) is 0.273. The van der Waals surface area contributed by atoms with Crippen LogP contribution in [0.1, 0.15) is 12.0 Å². The molecule has 3 heteroatoms. The molecule has 0 aromatic heterocycles. The first kappa shape index (κ1) is 10.8. The highest BCUT2D eigenvalue weighted by Crippen LogP contribution is 2.27. The van der Waals surface area contributed by atoms with Gasteiger partial charge in [0.15, 0.2) is 0 Å². The first-order valence-electron chi connectivity index (χ1n) is 4.29. The zero-order valence-electron chi connectivity index (χ0n) is 7.64. The van der Waals surface area contributed by atoms with Gasteiger partial charge in [-0.2, -0.15) is 13.2 Å². The number of benzene rings is 1. The summed E-state index contributed by atoms with van der Waals surface area (Å²) in [6, 6.07) is 9.08. The van der Waals surface area contributed by atoms with Gasteiger partial charge >= 0.3 is 6.18 Å². The van der Waals surface area contributed by atoms with E-state index in [-0.39, 0.29) is 6.42 Å². The third-order valence-corrected chi connectivity index (χ3v) is 1.96. The molecule has 0 fully saturated rings. The van der Waals surface area contributed by atoms with Gasteiger partial charge in [0, 0.05) is 5.57 Å². The fourth-order valence-corrected chi connectivity index (χ4v) is 1.08. The molecule has 0 aliphatic carbocycles. The molecule has 0 amide bonds. The molecule has 0 aliphatic rings. The van der Waals surface area contributed by atoms with Gasteiger partial charge in [0.05, 0.1) is 0 Å². The molecule has 0 saturated carbocycles. The average molecular weight is 200 g/mol. The number of rotatable bonds is 3. The van der Waals surface area contributed by atoms with Crippen LogP contribution in [0, 0.1) is 0 Å². The molecule has 0 atom stereocenters. The van der Waals surface area contributed by atoms with Gasteiger partial charge in [0.2, 0.25) is 0 Å². The third kappa shape index (κ3) is 3.24. The minimum absolute atomic E-state index is 0.0342. The molecule has 0 radical (unpaired) electrons. The Kier molecular flexibility index (Phi) is 3.33. The Morgan fingerprint density at radius 2 is 1.71 bits per heavy atom. The lowest BCUT2D eigenvalue weighted by Gasteiger charge is -2.09. The van der Waals surface area contributed by atoms with Crippen molar-refractivity contribution < 1.29 is 13.2 Å². The van der Waals surface area contributed by atoms with E-state index >= 15 is 0 Å². The fourth-order valence-electron chi connectivity index (χ4n) is 1.08. The van der Waals surface area contributed by atoms with Crippen LogP contribution >= 0.6 is 0 Å². The Labute approximate surface area is 81.1 Å². The molecule has 14 heavy (non-hydrogen) atoms. The second-order valence-electron chi connectivity index (χ2n) is 3.09. The number of alkyl halides is 3. The van der Waals surface area contributed by atoms with Crippen molar-refractivity contribution >= 4 is 0 Å². The first-order valence-corrected chi connectivity index (χ1v) is 4.29. The zero-order valence-corrected chi connectivity index (χ0v) is 7.64. The summed E-state index contributed by atoms with van der Waals surface area (Å²) in [7, 11) is 0. The Balaban J connectivity index is 2.46. The van der Waals surface area contributed by atoms with E-state index in [1.807, 2.05) is 30.3 Å². The second-order valence-corrected chi connectivity index (χ2v) is 3.09. The number of allylic oxidation sites excluding steroid dienone is 1. The van der Waals surface area contributed by atoms with Crippen molar-refractivity contribution in [2.45, 2.75) is 19.0 Å². The minimum atomic E-state index is -4.26. The highest BCUT2D eigenvalue weighted by atomic mass is 19.4. The minimum Gasteiger partial charge on any atom is -0.167 e. The topological polar surface area (TPSA) is 0 Å². The average Bonchev–Trinajstić information content (AvgIpc) is 2.14. The molecule has 1 rings (SSSR count). The Morgan fingerprint density at radius 1 is 1.14 bits per heavy atom. The van der Waals surface area contributed by atoms with Crippen LogP contribution in [0.2, 0.25) is 0 Å². The van der Waals surface area contributed by atoms with Gasteiger partial charge in [-0.25, -0.2) is 0 Å². The van der Waals surface area contributed by atoms with E-state index in [1.54, 1.807) is 0 Å². The number of aryl methyl sites for hydroxylation is 1. The van der Waals surface area contributed by atoms with Crippen molar-refractivity contribution in [1.82, 2.24) is 0 Å². The smallest absolute Gasteiger partial charge is 0.167 e. The largest absolute Gasteiger partial charge is 0.412 e. The van der Waals surface area contributed by atoms with E-state index in [2.05, 4.69) is 6.58 Å². The van der Waals surface area contributed by atoms with Gasteiger partial charge in [-0.05, 0) is 18.4 Å². The van der Waals surface area contributed by atoms with Crippen molar-refractivity contribution in [3.63, 3.8) is 0 Å². The van der Waals surface area contributed by atoms with E-state index < -0.39 is 11.7 Å². The molecular weight excluding hydrogens is 189 g/mol. The van der Waals surface area contributed by atoms with Gasteiger partial charge in [-0.15, -0.1) is 0 Å². The highest BCUT2D eigenvalue weighted by molar-refractivity contribution is 5.17. The van der Waals surface area contributed by atoms with Crippen LogP contribution in [0.25, 0.3) is 0 Å². The summed E-state index contributed by atoms with van der Waals surface area (Å²) in [5.41, 5.74) is 0.235. The van der Waals surface area contributed by atoms with Gasteiger partial charge in [-0.3, -0.25) is 0 Å². The highest BCUT2D eigenvalue weighted by Gasteiger charge is 2.30. The maximum atomic E-state index is 12.1. The number of hydrogen-bond donors (Lipinski definition) is 0. The lowest BCUT2D eigenvalue weighted by Crippen LogP contribution is -2.11. The number of hydrogen-bond acceptors (Lipinski definition) is 0. The van der Waals surface area contributed by atoms with Crippen molar-refractivity contribution in [3.8, 4) is 0 Å². The van der Waals surface area contributed by atoms with Crippen LogP contribution in [0.5, 0.6) is 0 Å². The molecule has 0 saturated heterocycles. The van der Waals surface area contributed by atoms with E-state index in [1.165, 1.54) is 0 Å². The van der Waals surface area contributed by atoms with E-state index in [4.69, 9.17) is 0 Å². The van der Waals surface area contributed by atoms with E-state index in [0.717, 1.165) is 5.56 Å². The molecule has 76 valence electrons. The van der Waals surface area contributed by atoms with Crippen molar-refractivity contribution in [3.05, 3.63) is 48.0 Å². The molecule has 0 nitrogen and oxygen atoms in total. The second kappa shape index (κ2) is 4.31. The van der Waals surface area contributed by atoms with Gasteiger partial charge in [-0.1, -0.05) is 36.9 Å². The molecular formula is C11H11F3. The van der Waals surface area contributed by atoms with Crippen LogP contribution in [0.3, 0.4) is 0 Å². The lowest BCUT2D eigenvalue weighted by atomic mass is 10.1. The standard InChI is InChI=1S/C11H11F3/c1-9(11(12,13)14)7-8-10-5-3-2-4-6-10/h2-6H,1,7-8H2. The van der Waals surface area contributed by atoms with Gasteiger partial charge in [0.1, 0.15) is 0 Å². The molecule has 0 unspecified atom stereocenters. The summed E-state index contributed by atoms with van der Waals surface area (Å²) in [6.07, 6.45) is -3.90. The molecule has 1 aromatic carbocycles. The van der Waals surface area contributed by atoms with Crippen LogP contribution in [-0.4, -0.2) is 6.18 Å². The Bertz CT molecular complexity index is 298. The molecule has 0 bridgehead atoms. The lowest BCUT2D eigenvalue weighted by molar-refractivity contribution is -0.0935. The summed E-state index contributed by atoms with van der Waals surface area (Å²) in [5, 5.41) is 0. The third-order valence-electron chi connectivity index (χ3n) is 1.96. The molecule has 0 spiro atoms. The zero-order chi connectivity index (χ0) is 10.6. The summed E-state index contributed by atoms with van der Waals surface area (Å²) in [6.45, 7) is 3.02. The van der Waals surface area contributed by atoms with E-state index in [0.29, 0.717) is 6.42 Å². The van der Waals surface area contributed by atoms with Crippen molar-refractivity contribution in [2.24, 2.45) is 0 Å². The molecule has 0 heterocycles. The normalized spacial score (nSPS) is 11.4. The maximum absolute atomic E-state index is 12.1. The summed E-state index contributed by atoms with van der Waals surface area (Å²) in [4.78, 5) is 0. The quantitative estimate of drug-likeness (QED) is 0.652. The Morgan fingerprint density at radius 3 is 2.21 bits per heavy atom. The van der Waals surface area contributed by atoms with Crippen LogP contribution < -0.4 is 0 Å². The van der Waals surface area contributed by atoms with Crippen molar-refractivity contribution in [2.75, 3.05) is 0 Å². The van der Waals surface area contributed by atoms with Gasteiger partial charge < -0.3 is 0 Å². The van der Waals surface area contributed by atoms with Crippen LogP contribution in [0.15, 0.2) is 42.5 Å². The van der Waals surface area contributed by atoms with E-state index in [9.17, 15) is 13.2 Å². The first-order chi connectivity index (χ1) is 6.50. The maximum Gasteiger partial charge on any atom is 0.412 e. The predicted molar refractivity (Wildman–Crippen MR) is 50.0 cm³/mol. The monoisotopic (exact) mass is 200 g/mol. The molecule has 1 aromatic rings. The SMILES string of the molecule is C=C(CCc1ccccc1)C(F)(F)F. The van der Waals surface area contributed by atoms with Gasteiger partial charge in [0.25, 0.3) is 0 Å².